The van der Waals surface area contributed by atoms with Crippen molar-refractivity contribution in [2.75, 3.05) is 7.11 Å². The Balaban J connectivity index is 3.10. The van der Waals surface area contributed by atoms with E-state index in [0.717, 1.165) is 16.7 Å². The Kier molecular flexibility index (Phi) is 4.19. The Bertz CT molecular complexity index is 413. The molecule has 0 spiro atoms. The number of hydrogen-bond donors (Lipinski definition) is 1. The van der Waals surface area contributed by atoms with Gasteiger partial charge in [0.1, 0.15) is 5.75 Å². The number of aliphatic carboxylic acids is 1. The van der Waals surface area contributed by atoms with Crippen molar-refractivity contribution in [2.24, 2.45) is 0 Å². The summed E-state index contributed by atoms with van der Waals surface area (Å²) in [6.07, 6.45) is 0.612. The van der Waals surface area contributed by atoms with Gasteiger partial charge in [-0.15, -0.1) is 0 Å². The zero-order valence-corrected chi connectivity index (χ0v) is 10.4. The highest BCUT2D eigenvalue weighted by Crippen LogP contribution is 2.33. The summed E-state index contributed by atoms with van der Waals surface area (Å²) in [6, 6.07) is 1.84. The Morgan fingerprint density at radius 2 is 2.12 bits per heavy atom. The molecule has 0 atom stereocenters. The summed E-state index contributed by atoms with van der Waals surface area (Å²) in [5.41, 5.74) is 2.91. The van der Waals surface area contributed by atoms with E-state index >= 15 is 0 Å². The molecule has 0 aliphatic carbocycles. The lowest BCUT2D eigenvalue weighted by atomic mass is 9.98. The molecule has 0 fully saturated rings. The lowest BCUT2D eigenvalue weighted by Crippen LogP contribution is -2.02. The predicted molar refractivity (Wildman–Crippen MR) is 63.4 cm³/mol. The van der Waals surface area contributed by atoms with Gasteiger partial charge in [-0.3, -0.25) is 4.79 Å². The number of aryl methyl sites for hydroxylation is 1. The summed E-state index contributed by atoms with van der Waals surface area (Å²) in [6.45, 7) is 3.82. The van der Waals surface area contributed by atoms with Gasteiger partial charge in [-0.05, 0) is 43.0 Å². The molecule has 0 aromatic heterocycles. The molecular weight excluding hydrogens is 228 g/mol. The fourth-order valence-corrected chi connectivity index (χ4v) is 1.97. The number of hydrogen-bond acceptors (Lipinski definition) is 2. The van der Waals surface area contributed by atoms with Crippen molar-refractivity contribution >= 4 is 17.6 Å². The van der Waals surface area contributed by atoms with Crippen LogP contribution < -0.4 is 4.74 Å². The zero-order valence-electron chi connectivity index (χ0n) is 9.63. The van der Waals surface area contributed by atoms with Gasteiger partial charge < -0.3 is 9.84 Å². The number of carboxylic acids is 1. The van der Waals surface area contributed by atoms with Gasteiger partial charge in [0.05, 0.1) is 12.1 Å². The molecule has 4 heteroatoms. The van der Waals surface area contributed by atoms with Crippen LogP contribution in [0.25, 0.3) is 0 Å². The van der Waals surface area contributed by atoms with Crippen LogP contribution in [-0.4, -0.2) is 18.2 Å². The maximum atomic E-state index is 10.5. The molecule has 0 saturated heterocycles. The maximum absolute atomic E-state index is 10.5. The van der Waals surface area contributed by atoms with Gasteiger partial charge in [-0.25, -0.2) is 0 Å². The number of benzene rings is 1. The minimum atomic E-state index is -0.800. The second-order valence-corrected chi connectivity index (χ2v) is 4.08. The number of carbonyl (C=O) groups is 1. The Labute approximate surface area is 100.0 Å². The number of methoxy groups -OCH3 is 1. The van der Waals surface area contributed by atoms with Gasteiger partial charge in [-0.2, -0.15) is 0 Å². The van der Waals surface area contributed by atoms with E-state index in [1.807, 2.05) is 19.9 Å². The monoisotopic (exact) mass is 242 g/mol. The number of carboxylic acid groups (broad SMARTS) is 1. The predicted octanol–water partition coefficient (Wildman–Crippen LogP) is 2.98. The topological polar surface area (TPSA) is 46.5 Å². The van der Waals surface area contributed by atoms with Gasteiger partial charge in [-0.1, -0.05) is 11.6 Å². The number of ether oxygens (including phenoxy) is 1. The van der Waals surface area contributed by atoms with E-state index < -0.39 is 5.97 Å². The van der Waals surface area contributed by atoms with Gasteiger partial charge >= 0.3 is 5.97 Å². The standard InChI is InChI=1S/C12H15ClO3/c1-7-6-10(16-3)12(13)8(2)9(7)4-5-11(14)15/h6H,4-5H2,1-3H3,(H,14,15). The van der Waals surface area contributed by atoms with Crippen molar-refractivity contribution in [1.82, 2.24) is 0 Å². The highest BCUT2D eigenvalue weighted by Gasteiger charge is 2.12. The molecule has 0 unspecified atom stereocenters. The first kappa shape index (κ1) is 12.8. The van der Waals surface area contributed by atoms with Gasteiger partial charge in [0.2, 0.25) is 0 Å². The number of halogens is 1. The minimum absolute atomic E-state index is 0.115. The van der Waals surface area contributed by atoms with Crippen molar-refractivity contribution in [1.29, 1.82) is 0 Å². The van der Waals surface area contributed by atoms with Crippen molar-refractivity contribution in [3.05, 3.63) is 27.8 Å². The fourth-order valence-electron chi connectivity index (χ4n) is 1.73. The summed E-state index contributed by atoms with van der Waals surface area (Å²) in [5.74, 6) is -0.165. The first-order valence-electron chi connectivity index (χ1n) is 5.01. The third kappa shape index (κ3) is 2.67. The van der Waals surface area contributed by atoms with Crippen LogP contribution >= 0.6 is 11.6 Å². The molecule has 1 aromatic rings. The summed E-state index contributed by atoms with van der Waals surface area (Å²) < 4.78 is 5.14. The maximum Gasteiger partial charge on any atom is 0.303 e. The molecule has 0 heterocycles. The molecule has 0 saturated carbocycles. The van der Waals surface area contributed by atoms with Gasteiger partial charge in [0, 0.05) is 6.42 Å². The molecule has 3 nitrogen and oxygen atoms in total. The van der Waals surface area contributed by atoms with Gasteiger partial charge in [0.15, 0.2) is 0 Å². The van der Waals surface area contributed by atoms with E-state index in [1.165, 1.54) is 0 Å². The average molecular weight is 243 g/mol. The van der Waals surface area contributed by atoms with Crippen molar-refractivity contribution < 1.29 is 14.6 Å². The summed E-state index contributed by atoms with van der Waals surface area (Å²) in [5, 5.41) is 9.23. The molecule has 0 bridgehead atoms. The van der Waals surface area contributed by atoms with Gasteiger partial charge in [0.25, 0.3) is 0 Å². The first-order valence-corrected chi connectivity index (χ1v) is 5.39. The molecular formula is C12H15ClO3. The molecule has 16 heavy (non-hydrogen) atoms. The Hall–Kier alpha value is -1.22. The molecule has 1 aromatic carbocycles. The van der Waals surface area contributed by atoms with Crippen LogP contribution in [0, 0.1) is 13.8 Å². The van der Waals surface area contributed by atoms with Crippen LogP contribution in [0.4, 0.5) is 0 Å². The molecule has 0 aliphatic rings. The quantitative estimate of drug-likeness (QED) is 0.883. The second kappa shape index (κ2) is 5.21. The summed E-state index contributed by atoms with van der Waals surface area (Å²) >= 11 is 6.11. The first-order chi connectivity index (χ1) is 7.47. The third-order valence-corrected chi connectivity index (χ3v) is 3.10. The van der Waals surface area contributed by atoms with Crippen LogP contribution in [0.15, 0.2) is 6.07 Å². The second-order valence-electron chi connectivity index (χ2n) is 3.71. The van der Waals surface area contributed by atoms with E-state index in [9.17, 15) is 4.79 Å². The lowest BCUT2D eigenvalue weighted by Gasteiger charge is -2.13. The lowest BCUT2D eigenvalue weighted by molar-refractivity contribution is -0.136. The van der Waals surface area contributed by atoms with E-state index in [0.29, 0.717) is 17.2 Å². The molecule has 88 valence electrons. The minimum Gasteiger partial charge on any atom is -0.495 e. The molecule has 0 radical (unpaired) electrons. The molecule has 1 N–H and O–H groups in total. The zero-order chi connectivity index (χ0) is 12.3. The molecule has 1 rings (SSSR count). The summed E-state index contributed by atoms with van der Waals surface area (Å²) in [7, 11) is 1.57. The van der Waals surface area contributed by atoms with Crippen molar-refractivity contribution in [3.63, 3.8) is 0 Å². The SMILES string of the molecule is COc1cc(C)c(CCC(=O)O)c(C)c1Cl. The van der Waals surface area contributed by atoms with Crippen LogP contribution in [0.3, 0.4) is 0 Å². The van der Waals surface area contributed by atoms with Crippen LogP contribution in [0.5, 0.6) is 5.75 Å². The fraction of sp³-hybridized carbons (Fsp3) is 0.417. The molecule has 0 amide bonds. The normalized spacial score (nSPS) is 10.2. The van der Waals surface area contributed by atoms with E-state index in [1.54, 1.807) is 7.11 Å². The smallest absolute Gasteiger partial charge is 0.303 e. The van der Waals surface area contributed by atoms with Crippen LogP contribution in [0.2, 0.25) is 5.02 Å². The van der Waals surface area contributed by atoms with Crippen molar-refractivity contribution in [3.8, 4) is 5.75 Å². The third-order valence-electron chi connectivity index (χ3n) is 2.63. The highest BCUT2D eigenvalue weighted by molar-refractivity contribution is 6.33. The Morgan fingerprint density at radius 3 is 2.62 bits per heavy atom. The highest BCUT2D eigenvalue weighted by atomic mass is 35.5. The van der Waals surface area contributed by atoms with Crippen molar-refractivity contribution in [2.45, 2.75) is 26.7 Å². The van der Waals surface area contributed by atoms with Crippen LogP contribution in [0.1, 0.15) is 23.1 Å². The number of rotatable bonds is 4. The summed E-state index contributed by atoms with van der Waals surface area (Å²) in [4.78, 5) is 10.5. The Morgan fingerprint density at radius 1 is 1.50 bits per heavy atom. The van der Waals surface area contributed by atoms with E-state index in [-0.39, 0.29) is 6.42 Å². The largest absolute Gasteiger partial charge is 0.495 e. The average Bonchev–Trinajstić information content (AvgIpc) is 2.22. The molecule has 0 aliphatic heterocycles. The van der Waals surface area contributed by atoms with E-state index in [4.69, 9.17) is 21.4 Å². The van der Waals surface area contributed by atoms with Crippen LogP contribution in [-0.2, 0) is 11.2 Å². The van der Waals surface area contributed by atoms with E-state index in [2.05, 4.69) is 0 Å².